The van der Waals surface area contributed by atoms with Crippen molar-refractivity contribution < 1.29 is 9.90 Å². The van der Waals surface area contributed by atoms with Gasteiger partial charge in [-0.05, 0) is 59.9 Å². The van der Waals surface area contributed by atoms with Gasteiger partial charge in [0.15, 0.2) is 0 Å². The average molecular weight is 236 g/mol. The summed E-state index contributed by atoms with van der Waals surface area (Å²) in [6.07, 6.45) is 5.18. The molecule has 1 aromatic heterocycles. The van der Waals surface area contributed by atoms with Crippen LogP contribution in [0.5, 0.6) is 0 Å². The van der Waals surface area contributed by atoms with Crippen LogP contribution in [0.1, 0.15) is 31.2 Å². The summed E-state index contributed by atoms with van der Waals surface area (Å²) in [5.74, 6) is 0.542. The molecule has 2 bridgehead atoms. The smallest absolute Gasteiger partial charge is 0.310 e. The third-order valence-electron chi connectivity index (χ3n) is 4.50. The number of carbonyl (C=O) groups is 1. The lowest BCUT2D eigenvalue weighted by Crippen LogP contribution is -2.38. The summed E-state index contributed by atoms with van der Waals surface area (Å²) in [4.78, 5) is 11.6. The lowest BCUT2D eigenvalue weighted by molar-refractivity contribution is -0.152. The minimum Gasteiger partial charge on any atom is -0.481 e. The molecule has 1 N–H and O–H groups in total. The zero-order chi connectivity index (χ0) is 11.2. The first-order valence-corrected chi connectivity index (χ1v) is 6.89. The molecule has 3 unspecified atom stereocenters. The van der Waals surface area contributed by atoms with Crippen molar-refractivity contribution in [2.45, 2.75) is 32.1 Å². The fourth-order valence-corrected chi connectivity index (χ4v) is 4.42. The molecular weight excluding hydrogens is 220 g/mol. The van der Waals surface area contributed by atoms with Crippen molar-refractivity contribution in [1.29, 1.82) is 0 Å². The zero-order valence-corrected chi connectivity index (χ0v) is 10.0. The summed E-state index contributed by atoms with van der Waals surface area (Å²) in [6, 6.07) is 2.07. The van der Waals surface area contributed by atoms with Gasteiger partial charge in [0.25, 0.3) is 0 Å². The van der Waals surface area contributed by atoms with Gasteiger partial charge in [0.1, 0.15) is 0 Å². The van der Waals surface area contributed by atoms with Crippen LogP contribution in [0.4, 0.5) is 0 Å². The van der Waals surface area contributed by atoms with Crippen LogP contribution in [0.2, 0.25) is 0 Å². The number of hydrogen-bond acceptors (Lipinski definition) is 2. The van der Waals surface area contributed by atoms with Gasteiger partial charge in [0.05, 0.1) is 5.41 Å². The van der Waals surface area contributed by atoms with Crippen molar-refractivity contribution >= 4 is 17.3 Å². The lowest BCUT2D eigenvalue weighted by Gasteiger charge is -2.33. The number of rotatable bonds is 3. The molecule has 2 nitrogen and oxygen atoms in total. The van der Waals surface area contributed by atoms with E-state index in [-0.39, 0.29) is 0 Å². The first-order valence-electron chi connectivity index (χ1n) is 5.95. The van der Waals surface area contributed by atoms with E-state index in [1.54, 1.807) is 11.3 Å². The van der Waals surface area contributed by atoms with E-state index in [0.717, 1.165) is 25.7 Å². The van der Waals surface area contributed by atoms with Gasteiger partial charge in [-0.3, -0.25) is 4.79 Å². The predicted octanol–water partition coefficient (Wildman–Crippen LogP) is 3.18. The lowest BCUT2D eigenvalue weighted by atomic mass is 9.70. The molecular formula is C13H16O2S. The van der Waals surface area contributed by atoms with Gasteiger partial charge in [-0.1, -0.05) is 6.42 Å². The van der Waals surface area contributed by atoms with Gasteiger partial charge >= 0.3 is 5.97 Å². The van der Waals surface area contributed by atoms with E-state index < -0.39 is 11.4 Å². The monoisotopic (exact) mass is 236 g/mol. The van der Waals surface area contributed by atoms with Crippen LogP contribution in [0, 0.1) is 17.3 Å². The number of carboxylic acids is 1. The molecule has 0 saturated heterocycles. The molecule has 0 radical (unpaired) electrons. The van der Waals surface area contributed by atoms with Crippen molar-refractivity contribution in [3.05, 3.63) is 22.4 Å². The molecule has 86 valence electrons. The second-order valence-electron chi connectivity index (χ2n) is 5.35. The van der Waals surface area contributed by atoms with Gasteiger partial charge in [-0.15, -0.1) is 0 Å². The van der Waals surface area contributed by atoms with Gasteiger partial charge in [-0.2, -0.15) is 11.3 Å². The summed E-state index contributed by atoms with van der Waals surface area (Å²) in [5.41, 5.74) is 0.768. The van der Waals surface area contributed by atoms with Gasteiger partial charge in [-0.25, -0.2) is 0 Å². The standard InChI is InChI=1S/C13H16O2S/c14-12(15)13(7-10-3-4-16-8-10)6-9-1-2-11(13)5-9/h3-4,8-9,11H,1-2,5-7H2,(H,14,15). The Morgan fingerprint density at radius 1 is 1.56 bits per heavy atom. The zero-order valence-electron chi connectivity index (χ0n) is 9.19. The van der Waals surface area contributed by atoms with Crippen LogP contribution >= 0.6 is 11.3 Å². The first-order chi connectivity index (χ1) is 7.71. The maximum absolute atomic E-state index is 11.6. The normalized spacial score (nSPS) is 36.8. The Kier molecular flexibility index (Phi) is 2.32. The molecule has 3 rings (SSSR count). The minimum atomic E-state index is -0.564. The van der Waals surface area contributed by atoms with Crippen LogP contribution in [0.15, 0.2) is 16.8 Å². The highest BCUT2D eigenvalue weighted by molar-refractivity contribution is 7.07. The van der Waals surface area contributed by atoms with Crippen LogP contribution < -0.4 is 0 Å². The SMILES string of the molecule is O=C(O)C1(Cc2ccsc2)CC2CCC1C2. The Balaban J connectivity index is 1.89. The molecule has 0 spiro atoms. The molecule has 0 aromatic carbocycles. The Morgan fingerprint density at radius 3 is 2.94 bits per heavy atom. The number of thiophene rings is 1. The largest absolute Gasteiger partial charge is 0.481 e. The average Bonchev–Trinajstić information content (AvgIpc) is 2.92. The molecule has 0 aliphatic heterocycles. The molecule has 0 amide bonds. The van der Waals surface area contributed by atoms with Gasteiger partial charge in [0.2, 0.25) is 0 Å². The fraction of sp³-hybridized carbons (Fsp3) is 0.615. The van der Waals surface area contributed by atoms with E-state index in [2.05, 4.69) is 11.4 Å². The number of aliphatic carboxylic acids is 1. The number of hydrogen-bond donors (Lipinski definition) is 1. The highest BCUT2D eigenvalue weighted by Gasteiger charge is 2.55. The summed E-state index contributed by atoms with van der Waals surface area (Å²) in [5, 5.41) is 13.7. The second kappa shape index (κ2) is 3.59. The topological polar surface area (TPSA) is 37.3 Å². The summed E-state index contributed by atoms with van der Waals surface area (Å²) >= 11 is 1.66. The molecule has 2 aliphatic carbocycles. The Hall–Kier alpha value is -0.830. The number of carboxylic acid groups (broad SMARTS) is 1. The van der Waals surface area contributed by atoms with Crippen molar-refractivity contribution in [3.63, 3.8) is 0 Å². The molecule has 3 atom stereocenters. The van der Waals surface area contributed by atoms with Crippen LogP contribution in [0.3, 0.4) is 0 Å². The van der Waals surface area contributed by atoms with E-state index in [4.69, 9.17) is 0 Å². The maximum atomic E-state index is 11.6. The quantitative estimate of drug-likeness (QED) is 0.875. The maximum Gasteiger partial charge on any atom is 0.310 e. The minimum absolute atomic E-state index is 0.426. The molecule has 1 aromatic rings. The van der Waals surface area contributed by atoms with E-state index in [1.165, 1.54) is 12.0 Å². The number of fused-ring (bicyclic) bond motifs is 2. The fourth-order valence-electron chi connectivity index (χ4n) is 3.76. The van der Waals surface area contributed by atoms with E-state index in [0.29, 0.717) is 11.8 Å². The molecule has 16 heavy (non-hydrogen) atoms. The predicted molar refractivity (Wildman–Crippen MR) is 63.5 cm³/mol. The second-order valence-corrected chi connectivity index (χ2v) is 6.13. The van der Waals surface area contributed by atoms with Crippen LogP contribution in [-0.4, -0.2) is 11.1 Å². The highest BCUT2D eigenvalue weighted by Crippen LogP contribution is 2.57. The van der Waals surface area contributed by atoms with E-state index >= 15 is 0 Å². The van der Waals surface area contributed by atoms with E-state index in [9.17, 15) is 9.90 Å². The van der Waals surface area contributed by atoms with Crippen molar-refractivity contribution in [3.8, 4) is 0 Å². The highest BCUT2D eigenvalue weighted by atomic mass is 32.1. The summed E-state index contributed by atoms with van der Waals surface area (Å²) in [6.45, 7) is 0. The Morgan fingerprint density at radius 2 is 2.44 bits per heavy atom. The van der Waals surface area contributed by atoms with Gasteiger partial charge in [0, 0.05) is 0 Å². The molecule has 1 heterocycles. The summed E-state index contributed by atoms with van der Waals surface area (Å²) in [7, 11) is 0. The molecule has 3 heteroatoms. The van der Waals surface area contributed by atoms with Crippen LogP contribution in [-0.2, 0) is 11.2 Å². The molecule has 2 fully saturated rings. The molecule has 2 saturated carbocycles. The summed E-state index contributed by atoms with van der Waals surface area (Å²) < 4.78 is 0. The van der Waals surface area contributed by atoms with Crippen molar-refractivity contribution in [2.75, 3.05) is 0 Å². The van der Waals surface area contributed by atoms with E-state index in [1.807, 2.05) is 5.38 Å². The van der Waals surface area contributed by atoms with Crippen LogP contribution in [0.25, 0.3) is 0 Å². The molecule has 2 aliphatic rings. The Bertz CT molecular complexity index is 398. The Labute approximate surface area is 99.3 Å². The third-order valence-corrected chi connectivity index (χ3v) is 5.23. The first kappa shape index (κ1) is 10.3. The van der Waals surface area contributed by atoms with Crippen molar-refractivity contribution in [1.82, 2.24) is 0 Å². The van der Waals surface area contributed by atoms with Crippen molar-refractivity contribution in [2.24, 2.45) is 17.3 Å². The third kappa shape index (κ3) is 1.41. The van der Waals surface area contributed by atoms with Gasteiger partial charge < -0.3 is 5.11 Å².